The van der Waals surface area contributed by atoms with Crippen LogP contribution in [0.25, 0.3) is 0 Å². The van der Waals surface area contributed by atoms with Gasteiger partial charge >= 0.3 is 0 Å². The smallest absolute Gasteiger partial charge is 0.251 e. The van der Waals surface area contributed by atoms with E-state index in [0.717, 1.165) is 16.7 Å². The molecule has 5 rings (SSSR count). The zero-order valence-electron chi connectivity index (χ0n) is 24.8. The number of hydrazine groups is 1. The van der Waals surface area contributed by atoms with Gasteiger partial charge in [-0.3, -0.25) is 19.2 Å². The molecule has 2 saturated heterocycles. The largest absolute Gasteiger partial charge is 0.508 e. The Morgan fingerprint density at radius 1 is 0.977 bits per heavy atom. The van der Waals surface area contributed by atoms with Crippen LogP contribution in [0.15, 0.2) is 91.5 Å². The molecule has 2 aliphatic heterocycles. The summed E-state index contributed by atoms with van der Waals surface area (Å²) < 4.78 is 0. The molecule has 2 N–H and O–H groups in total. The normalized spacial score (nSPS) is 18.6. The predicted octanol–water partition coefficient (Wildman–Crippen LogP) is 2.74. The van der Waals surface area contributed by atoms with Crippen molar-refractivity contribution in [2.75, 3.05) is 26.7 Å². The third-order valence-corrected chi connectivity index (χ3v) is 8.05. The van der Waals surface area contributed by atoms with Gasteiger partial charge in [-0.2, -0.15) is 0 Å². The number of piperazine rings is 1. The van der Waals surface area contributed by atoms with Gasteiger partial charge in [-0.25, -0.2) is 10.0 Å². The first-order chi connectivity index (χ1) is 21.3. The standard InChI is InChI=1S/C34H37N5O5/c1-3-18-37-23-32(42)38-29(20-25-12-15-28(40)16-13-25)34(44)36(21-26-10-7-11-27(19-26)33(43)35-2)22-30(38)39(37)31(41)17-14-24-8-5-4-6-9-24/h3-13,15-16,19,29-30,40H,1,14,17-18,20-23H2,2H3,(H,35,43)/t29-,30-/m0/s1. The first kappa shape index (κ1) is 30.5. The number of rotatable bonds is 10. The van der Waals surface area contributed by atoms with Gasteiger partial charge in [0.25, 0.3) is 5.91 Å². The number of aryl methyl sites for hydroxylation is 1. The van der Waals surface area contributed by atoms with Crippen molar-refractivity contribution in [3.05, 3.63) is 114 Å². The van der Waals surface area contributed by atoms with Gasteiger partial charge in [0.05, 0.1) is 13.1 Å². The van der Waals surface area contributed by atoms with Crippen LogP contribution >= 0.6 is 0 Å². The van der Waals surface area contributed by atoms with Gasteiger partial charge in [-0.15, -0.1) is 6.58 Å². The van der Waals surface area contributed by atoms with Crippen LogP contribution in [0.5, 0.6) is 5.75 Å². The monoisotopic (exact) mass is 595 g/mol. The highest BCUT2D eigenvalue weighted by atomic mass is 16.3. The van der Waals surface area contributed by atoms with E-state index in [4.69, 9.17) is 0 Å². The summed E-state index contributed by atoms with van der Waals surface area (Å²) in [4.78, 5) is 57.4. The molecule has 10 nitrogen and oxygen atoms in total. The Labute approximate surface area is 257 Å². The molecule has 3 aromatic carbocycles. The lowest BCUT2D eigenvalue weighted by Crippen LogP contribution is -2.75. The summed E-state index contributed by atoms with van der Waals surface area (Å²) in [6.45, 7) is 4.37. The summed E-state index contributed by atoms with van der Waals surface area (Å²) in [6.07, 6.45) is 1.89. The van der Waals surface area contributed by atoms with E-state index >= 15 is 0 Å². The Morgan fingerprint density at radius 3 is 2.41 bits per heavy atom. The Balaban J connectivity index is 1.50. The Hall–Kier alpha value is -4.96. The number of amides is 4. The van der Waals surface area contributed by atoms with Crippen molar-refractivity contribution in [1.82, 2.24) is 25.1 Å². The van der Waals surface area contributed by atoms with Gasteiger partial charge in [-0.05, 0) is 47.4 Å². The number of carbonyl (C=O) groups is 4. The molecule has 2 heterocycles. The molecule has 2 atom stereocenters. The maximum Gasteiger partial charge on any atom is 0.251 e. The van der Waals surface area contributed by atoms with Crippen molar-refractivity contribution in [3.8, 4) is 5.75 Å². The van der Waals surface area contributed by atoms with Gasteiger partial charge < -0.3 is 20.2 Å². The molecular weight excluding hydrogens is 558 g/mol. The second-order valence-electron chi connectivity index (χ2n) is 11.0. The van der Waals surface area contributed by atoms with E-state index in [1.54, 1.807) is 75.4 Å². The van der Waals surface area contributed by atoms with Gasteiger partial charge in [0.1, 0.15) is 18.0 Å². The summed E-state index contributed by atoms with van der Waals surface area (Å²) in [6, 6.07) is 22.5. The van der Waals surface area contributed by atoms with E-state index in [-0.39, 0.29) is 68.4 Å². The van der Waals surface area contributed by atoms with E-state index in [2.05, 4.69) is 11.9 Å². The second kappa shape index (κ2) is 13.6. The summed E-state index contributed by atoms with van der Waals surface area (Å²) >= 11 is 0. The number of aromatic hydroxyl groups is 1. The van der Waals surface area contributed by atoms with Crippen LogP contribution in [0.3, 0.4) is 0 Å². The van der Waals surface area contributed by atoms with Crippen LogP contribution in [0.2, 0.25) is 0 Å². The first-order valence-electron chi connectivity index (χ1n) is 14.7. The highest BCUT2D eigenvalue weighted by molar-refractivity contribution is 5.94. The predicted molar refractivity (Wildman–Crippen MR) is 165 cm³/mol. The van der Waals surface area contributed by atoms with E-state index in [0.29, 0.717) is 12.0 Å². The quantitative estimate of drug-likeness (QED) is 0.349. The number of hydrogen-bond acceptors (Lipinski definition) is 6. The third kappa shape index (κ3) is 6.65. The van der Waals surface area contributed by atoms with Crippen molar-refractivity contribution in [3.63, 3.8) is 0 Å². The SMILES string of the molecule is C=CCN1CC(=O)N2[C@@H](Cc3ccc(O)cc3)C(=O)N(Cc3cccc(C(=O)NC)c3)C[C@@H]2N1C(=O)CCc1ccccc1. The fourth-order valence-electron chi connectivity index (χ4n) is 5.95. The molecule has 0 bridgehead atoms. The number of phenols is 1. The molecule has 0 radical (unpaired) electrons. The molecule has 0 unspecified atom stereocenters. The minimum absolute atomic E-state index is 0.0624. The minimum Gasteiger partial charge on any atom is -0.508 e. The van der Waals surface area contributed by atoms with Crippen molar-refractivity contribution in [1.29, 1.82) is 0 Å². The molecule has 0 saturated carbocycles. The number of benzene rings is 3. The van der Waals surface area contributed by atoms with Crippen LogP contribution in [-0.2, 0) is 33.8 Å². The number of carbonyl (C=O) groups excluding carboxylic acids is 4. The van der Waals surface area contributed by atoms with Crippen LogP contribution in [0.4, 0.5) is 0 Å². The lowest BCUT2D eigenvalue weighted by Gasteiger charge is -2.55. The number of hydrogen-bond donors (Lipinski definition) is 2. The first-order valence-corrected chi connectivity index (χ1v) is 14.7. The highest BCUT2D eigenvalue weighted by Gasteiger charge is 2.50. The topological polar surface area (TPSA) is 114 Å². The molecule has 10 heteroatoms. The Kier molecular flexibility index (Phi) is 9.40. The molecule has 228 valence electrons. The van der Waals surface area contributed by atoms with Crippen LogP contribution in [0, 0.1) is 0 Å². The highest BCUT2D eigenvalue weighted by Crippen LogP contribution is 2.30. The second-order valence-corrected chi connectivity index (χ2v) is 11.0. The Bertz CT molecular complexity index is 1530. The molecule has 0 aliphatic carbocycles. The summed E-state index contributed by atoms with van der Waals surface area (Å²) in [5.74, 6) is -0.786. The zero-order chi connectivity index (χ0) is 31.2. The van der Waals surface area contributed by atoms with Gasteiger partial charge in [0.15, 0.2) is 0 Å². The van der Waals surface area contributed by atoms with Crippen LogP contribution in [-0.4, -0.2) is 87.4 Å². The van der Waals surface area contributed by atoms with Gasteiger partial charge in [-0.1, -0.05) is 60.7 Å². The summed E-state index contributed by atoms with van der Waals surface area (Å²) in [7, 11) is 1.56. The van der Waals surface area contributed by atoms with E-state index in [1.807, 2.05) is 36.4 Å². The van der Waals surface area contributed by atoms with E-state index < -0.39 is 12.2 Å². The lowest BCUT2D eigenvalue weighted by atomic mass is 9.97. The third-order valence-electron chi connectivity index (χ3n) is 8.05. The van der Waals surface area contributed by atoms with Gasteiger partial charge in [0, 0.05) is 38.5 Å². The van der Waals surface area contributed by atoms with Crippen LogP contribution < -0.4 is 5.32 Å². The fraction of sp³-hybridized carbons (Fsp3) is 0.294. The van der Waals surface area contributed by atoms with Crippen molar-refractivity contribution >= 4 is 23.6 Å². The van der Waals surface area contributed by atoms with E-state index in [1.165, 1.54) is 0 Å². The maximum absolute atomic E-state index is 14.1. The molecule has 2 fully saturated rings. The molecule has 4 amide bonds. The Morgan fingerprint density at radius 2 is 1.70 bits per heavy atom. The number of fused-ring (bicyclic) bond motifs is 1. The number of phenolic OH excluding ortho intramolecular Hbond substituents is 1. The average Bonchev–Trinajstić information content (AvgIpc) is 3.03. The van der Waals surface area contributed by atoms with Gasteiger partial charge in [0.2, 0.25) is 17.7 Å². The van der Waals surface area contributed by atoms with Crippen molar-refractivity contribution < 1.29 is 24.3 Å². The zero-order valence-corrected chi connectivity index (χ0v) is 24.8. The molecule has 2 aliphatic rings. The van der Waals surface area contributed by atoms with Crippen LogP contribution in [0.1, 0.15) is 33.5 Å². The summed E-state index contributed by atoms with van der Waals surface area (Å²) in [5.41, 5.74) is 3.03. The van der Waals surface area contributed by atoms with Crippen molar-refractivity contribution in [2.45, 2.75) is 38.0 Å². The molecule has 44 heavy (non-hydrogen) atoms. The molecule has 3 aromatic rings. The fourth-order valence-corrected chi connectivity index (χ4v) is 5.95. The number of nitrogens with zero attached hydrogens (tertiary/aromatic N) is 4. The lowest BCUT2D eigenvalue weighted by molar-refractivity contribution is -0.205. The summed E-state index contributed by atoms with van der Waals surface area (Å²) in [5, 5.41) is 15.8. The molecular formula is C34H37N5O5. The van der Waals surface area contributed by atoms with E-state index in [9.17, 15) is 24.3 Å². The average molecular weight is 596 g/mol. The number of nitrogens with one attached hydrogen (secondary N) is 1. The maximum atomic E-state index is 14.1. The molecule has 0 aromatic heterocycles. The minimum atomic E-state index is -0.872. The molecule has 0 spiro atoms. The van der Waals surface area contributed by atoms with Crippen molar-refractivity contribution in [2.24, 2.45) is 0 Å².